The molecule has 3 fully saturated rings. The van der Waals surface area contributed by atoms with Crippen LogP contribution in [0.3, 0.4) is 0 Å². The van der Waals surface area contributed by atoms with Crippen molar-refractivity contribution < 1.29 is 9.13 Å². The highest BCUT2D eigenvalue weighted by atomic mass is 127. The Morgan fingerprint density at radius 2 is 2.17 bits per heavy atom. The van der Waals surface area contributed by atoms with Crippen LogP contribution < -0.4 is 11.1 Å². The lowest BCUT2D eigenvalue weighted by atomic mass is 10.1. The highest BCUT2D eigenvalue weighted by Gasteiger charge is 2.43. The van der Waals surface area contributed by atoms with E-state index in [1.807, 2.05) is 11.0 Å². The normalized spacial score (nSPS) is 20.5. The van der Waals surface area contributed by atoms with Crippen LogP contribution in [-0.2, 0) is 4.74 Å². The van der Waals surface area contributed by atoms with Crippen LogP contribution in [0.15, 0.2) is 18.5 Å². The Morgan fingerprint density at radius 1 is 1.40 bits per heavy atom. The number of rotatable bonds is 8. The van der Waals surface area contributed by atoms with E-state index in [-0.39, 0.29) is 12.6 Å². The SMILES string of the molecule is N=C(c1cnc(-c2nn(PI)cc2N)cc1NCC1(F)CC1)N1CC(OC2CC2)C1. The lowest BCUT2D eigenvalue weighted by molar-refractivity contribution is -0.0351. The zero-order valence-corrected chi connectivity index (χ0v) is 19.5. The molecular weight excluding hydrogens is 519 g/mol. The molecule has 0 radical (unpaired) electrons. The molecule has 3 heterocycles. The Labute approximate surface area is 189 Å². The number of nitrogen functional groups attached to an aromatic ring is 1. The van der Waals surface area contributed by atoms with E-state index in [1.165, 1.54) is 0 Å². The van der Waals surface area contributed by atoms with E-state index in [2.05, 4.69) is 37.4 Å². The van der Waals surface area contributed by atoms with Crippen molar-refractivity contribution in [3.8, 4) is 11.4 Å². The van der Waals surface area contributed by atoms with Gasteiger partial charge in [-0.25, -0.2) is 8.84 Å². The van der Waals surface area contributed by atoms with Crippen LogP contribution in [0.25, 0.3) is 11.4 Å². The van der Waals surface area contributed by atoms with Gasteiger partial charge >= 0.3 is 0 Å². The van der Waals surface area contributed by atoms with E-state index < -0.39 is 5.67 Å². The molecule has 1 saturated heterocycles. The van der Waals surface area contributed by atoms with Gasteiger partial charge in [-0.05, 0) is 53.8 Å². The molecule has 0 aromatic carbocycles. The van der Waals surface area contributed by atoms with Crippen molar-refractivity contribution in [2.45, 2.75) is 43.6 Å². The number of hydrogen-bond acceptors (Lipinski definition) is 6. The standard InChI is InChI=1S/C19H24FIN7OP/c20-19(3-4-19)10-25-15-5-16(17-14(22)9-28(26-17)30-21)24-6-13(15)18(23)27-7-12(8-27)29-11-1-2-11/h5-6,9,11-12,23,30H,1-4,7-8,10,22H2,(H,24,25). The molecule has 2 aliphatic carbocycles. The Balaban J connectivity index is 1.37. The Morgan fingerprint density at radius 3 is 2.80 bits per heavy atom. The number of halogens is 2. The monoisotopic (exact) mass is 543 g/mol. The molecule has 160 valence electrons. The number of nitrogens with one attached hydrogen (secondary N) is 2. The van der Waals surface area contributed by atoms with E-state index in [0.717, 1.165) is 12.8 Å². The third-order valence-electron chi connectivity index (χ3n) is 5.69. The number of aromatic nitrogens is 3. The van der Waals surface area contributed by atoms with Crippen LogP contribution in [0.4, 0.5) is 15.8 Å². The molecule has 1 aliphatic heterocycles. The largest absolute Gasteiger partial charge is 0.396 e. The summed E-state index contributed by atoms with van der Waals surface area (Å²) in [7, 11) is 0. The first kappa shape index (κ1) is 20.4. The van der Waals surface area contributed by atoms with Crippen molar-refractivity contribution in [1.82, 2.24) is 19.4 Å². The molecule has 0 spiro atoms. The molecule has 5 rings (SSSR count). The summed E-state index contributed by atoms with van der Waals surface area (Å²) in [5.74, 6) is 0.378. The minimum absolute atomic E-state index is 0.194. The average Bonchev–Trinajstić information content (AvgIpc) is 3.63. The molecule has 8 nitrogen and oxygen atoms in total. The summed E-state index contributed by atoms with van der Waals surface area (Å²) in [5.41, 5.74) is 8.08. The molecule has 1 atom stereocenters. The van der Waals surface area contributed by atoms with Gasteiger partial charge in [0.2, 0.25) is 0 Å². The van der Waals surface area contributed by atoms with E-state index in [4.69, 9.17) is 15.9 Å². The molecule has 0 bridgehead atoms. The Hall–Kier alpha value is -1.52. The quantitative estimate of drug-likeness (QED) is 0.204. The number of alkyl halides is 1. The Kier molecular flexibility index (Phi) is 5.35. The molecule has 30 heavy (non-hydrogen) atoms. The van der Waals surface area contributed by atoms with Gasteiger partial charge in [0.15, 0.2) is 0 Å². The first-order valence-corrected chi connectivity index (χ1v) is 14.1. The topological polar surface area (TPSA) is 105 Å². The number of likely N-dealkylation sites (tertiary alicyclic amines) is 1. The number of anilines is 2. The summed E-state index contributed by atoms with van der Waals surface area (Å²) < 4.78 is 22.0. The third kappa shape index (κ3) is 4.27. The maximum atomic E-state index is 14.3. The fraction of sp³-hybridized carbons (Fsp3) is 0.526. The molecule has 2 saturated carbocycles. The van der Waals surface area contributed by atoms with Crippen molar-refractivity contribution in [3.63, 3.8) is 0 Å². The molecule has 1 unspecified atom stereocenters. The lowest BCUT2D eigenvalue weighted by Gasteiger charge is -2.41. The zero-order valence-electron chi connectivity index (χ0n) is 16.4. The summed E-state index contributed by atoms with van der Waals surface area (Å²) in [6.07, 6.45) is 7.94. The second kappa shape index (κ2) is 7.87. The van der Waals surface area contributed by atoms with Crippen LogP contribution in [-0.4, -0.2) is 62.8 Å². The fourth-order valence-electron chi connectivity index (χ4n) is 3.47. The first-order chi connectivity index (χ1) is 14.4. The number of amidine groups is 1. The second-order valence-corrected chi connectivity index (χ2v) is 10.4. The molecular formula is C19H24FIN7OP. The summed E-state index contributed by atoms with van der Waals surface area (Å²) >= 11 is 2.24. The van der Waals surface area contributed by atoms with Crippen LogP contribution >= 0.6 is 28.4 Å². The van der Waals surface area contributed by atoms with Crippen LogP contribution in [0.2, 0.25) is 0 Å². The zero-order chi connectivity index (χ0) is 20.9. The van der Waals surface area contributed by atoms with Crippen LogP contribution in [0.5, 0.6) is 0 Å². The van der Waals surface area contributed by atoms with Gasteiger partial charge in [-0.1, -0.05) is 0 Å². The predicted octanol–water partition coefficient (Wildman–Crippen LogP) is 3.42. The maximum absolute atomic E-state index is 14.3. The van der Waals surface area contributed by atoms with Gasteiger partial charge in [-0.3, -0.25) is 10.4 Å². The van der Waals surface area contributed by atoms with Gasteiger partial charge < -0.3 is 20.7 Å². The summed E-state index contributed by atoms with van der Waals surface area (Å²) in [6.45, 7) is 1.64. The fourth-order valence-corrected chi connectivity index (χ4v) is 4.54. The van der Waals surface area contributed by atoms with Gasteiger partial charge in [0, 0.05) is 31.5 Å². The van der Waals surface area contributed by atoms with Gasteiger partial charge in [0.05, 0.1) is 41.7 Å². The molecule has 4 N–H and O–H groups in total. The number of nitrogens with zero attached hydrogens (tertiary/aromatic N) is 4. The number of pyridine rings is 1. The Bertz CT molecular complexity index is 972. The van der Waals surface area contributed by atoms with E-state index >= 15 is 0 Å². The van der Waals surface area contributed by atoms with Gasteiger partial charge in [-0.15, -0.1) is 0 Å². The minimum atomic E-state index is -1.15. The maximum Gasteiger partial charge on any atom is 0.134 e. The van der Waals surface area contributed by atoms with E-state index in [9.17, 15) is 4.39 Å². The summed E-state index contributed by atoms with van der Waals surface area (Å²) in [6, 6.07) is 1.83. The van der Waals surface area contributed by atoms with Crippen molar-refractivity contribution in [1.29, 1.82) is 5.41 Å². The third-order valence-corrected chi connectivity index (χ3v) is 7.58. The highest BCUT2D eigenvalue weighted by molar-refractivity contribution is 14.2. The number of nitrogens with two attached hydrogens (primary N) is 1. The van der Waals surface area contributed by atoms with Gasteiger partial charge in [0.1, 0.15) is 17.2 Å². The summed E-state index contributed by atoms with van der Waals surface area (Å²) in [5, 5.41) is 16.4. The van der Waals surface area contributed by atoms with Crippen molar-refractivity contribution >= 4 is 45.6 Å². The molecule has 3 aliphatic rings. The first-order valence-electron chi connectivity index (χ1n) is 10.1. The smallest absolute Gasteiger partial charge is 0.134 e. The second-order valence-electron chi connectivity index (χ2n) is 8.29. The molecule has 0 amide bonds. The van der Waals surface area contributed by atoms with Gasteiger partial charge in [-0.2, -0.15) is 5.10 Å². The van der Waals surface area contributed by atoms with E-state index in [0.29, 0.717) is 72.6 Å². The van der Waals surface area contributed by atoms with Crippen molar-refractivity contribution in [3.05, 3.63) is 24.0 Å². The molecule has 2 aromatic rings. The highest BCUT2D eigenvalue weighted by Crippen LogP contribution is 2.40. The predicted molar refractivity (Wildman–Crippen MR) is 125 cm³/mol. The van der Waals surface area contributed by atoms with Crippen LogP contribution in [0, 0.1) is 5.41 Å². The molecule has 11 heteroatoms. The average molecular weight is 543 g/mol. The lowest BCUT2D eigenvalue weighted by Crippen LogP contribution is -2.55. The van der Waals surface area contributed by atoms with E-state index in [1.54, 1.807) is 16.8 Å². The van der Waals surface area contributed by atoms with Gasteiger partial charge in [0.25, 0.3) is 0 Å². The summed E-state index contributed by atoms with van der Waals surface area (Å²) in [4.78, 5) is 6.50. The number of hydrogen-bond donors (Lipinski definition) is 3. The van der Waals surface area contributed by atoms with Crippen molar-refractivity contribution in [2.24, 2.45) is 0 Å². The van der Waals surface area contributed by atoms with Crippen LogP contribution in [0.1, 0.15) is 31.2 Å². The van der Waals surface area contributed by atoms with Crippen molar-refractivity contribution in [2.75, 3.05) is 30.7 Å². The number of ether oxygens (including phenoxy) is 1. The molecule has 2 aromatic heterocycles. The minimum Gasteiger partial charge on any atom is -0.396 e.